The van der Waals surface area contributed by atoms with Gasteiger partial charge in [-0.15, -0.1) is 6.58 Å². The van der Waals surface area contributed by atoms with Gasteiger partial charge in [0.1, 0.15) is 5.54 Å². The van der Waals surface area contributed by atoms with Crippen LogP contribution < -0.4 is 15.6 Å². The Morgan fingerprint density at radius 3 is 2.54 bits per heavy atom. The lowest BCUT2D eigenvalue weighted by atomic mass is 10.2. The summed E-state index contributed by atoms with van der Waals surface area (Å²) in [6.45, 7) is 3.46. The van der Waals surface area contributed by atoms with Gasteiger partial charge in [0, 0.05) is 5.92 Å². The number of nitrogens with one attached hydrogen (secondary N) is 1. The SMILES string of the molecule is C=C[C@@H]1C[C@]1(N)C(=O)NS(N)(=O)=O. The maximum atomic E-state index is 11.2. The van der Waals surface area contributed by atoms with Crippen LogP contribution in [0, 0.1) is 5.92 Å². The summed E-state index contributed by atoms with van der Waals surface area (Å²) in [5.41, 5.74) is 4.40. The lowest BCUT2D eigenvalue weighted by Crippen LogP contribution is -2.48. The molecular formula is C6H11N3O3S. The van der Waals surface area contributed by atoms with Crippen molar-refractivity contribution in [1.29, 1.82) is 0 Å². The molecule has 0 aromatic rings. The van der Waals surface area contributed by atoms with Crippen LogP contribution in [0.1, 0.15) is 6.42 Å². The zero-order chi connectivity index (χ0) is 10.3. The molecule has 0 radical (unpaired) electrons. The van der Waals surface area contributed by atoms with Crippen LogP contribution in [0.3, 0.4) is 0 Å². The van der Waals surface area contributed by atoms with Crippen molar-refractivity contribution >= 4 is 16.1 Å². The van der Waals surface area contributed by atoms with Gasteiger partial charge in [0.05, 0.1) is 0 Å². The molecule has 0 spiro atoms. The van der Waals surface area contributed by atoms with E-state index in [4.69, 9.17) is 5.73 Å². The topological polar surface area (TPSA) is 115 Å². The molecule has 2 atom stereocenters. The molecule has 0 aromatic heterocycles. The fourth-order valence-electron chi connectivity index (χ4n) is 1.08. The minimum Gasteiger partial charge on any atom is -0.317 e. The van der Waals surface area contributed by atoms with Gasteiger partial charge in [0.25, 0.3) is 16.1 Å². The van der Waals surface area contributed by atoms with Crippen molar-refractivity contribution in [1.82, 2.24) is 4.72 Å². The first-order valence-electron chi connectivity index (χ1n) is 3.56. The first-order valence-corrected chi connectivity index (χ1v) is 5.10. The second-order valence-electron chi connectivity index (χ2n) is 3.06. The standard InChI is InChI=1S/C6H11N3O3S/c1-2-4-3-6(4,7)5(10)9-13(8,11)12/h2,4H,1,3,7H2,(H,9,10)(H2,8,11,12)/t4-,6-/m1/s1. The Hall–Kier alpha value is -0.920. The number of hydrogen-bond acceptors (Lipinski definition) is 4. The van der Waals surface area contributed by atoms with Gasteiger partial charge in [-0.1, -0.05) is 6.08 Å². The molecule has 1 amide bonds. The van der Waals surface area contributed by atoms with Crippen LogP contribution in [0.4, 0.5) is 0 Å². The lowest BCUT2D eigenvalue weighted by Gasteiger charge is -2.08. The fraction of sp³-hybridized carbons (Fsp3) is 0.500. The third-order valence-electron chi connectivity index (χ3n) is 2.00. The fourth-order valence-corrected chi connectivity index (χ4v) is 1.53. The van der Waals surface area contributed by atoms with Crippen molar-refractivity contribution < 1.29 is 13.2 Å². The molecule has 1 fully saturated rings. The monoisotopic (exact) mass is 205 g/mol. The zero-order valence-corrected chi connectivity index (χ0v) is 7.67. The van der Waals surface area contributed by atoms with E-state index in [-0.39, 0.29) is 5.92 Å². The van der Waals surface area contributed by atoms with Crippen molar-refractivity contribution in [3.05, 3.63) is 12.7 Å². The Balaban J connectivity index is 2.66. The highest BCUT2D eigenvalue weighted by molar-refractivity contribution is 7.87. The molecule has 5 N–H and O–H groups in total. The number of nitrogens with two attached hydrogens (primary N) is 2. The molecule has 0 unspecified atom stereocenters. The molecule has 74 valence electrons. The third kappa shape index (κ3) is 2.06. The Kier molecular flexibility index (Phi) is 2.18. The molecule has 6 nitrogen and oxygen atoms in total. The van der Waals surface area contributed by atoms with Crippen LogP contribution in [0.25, 0.3) is 0 Å². The van der Waals surface area contributed by atoms with Crippen LogP contribution >= 0.6 is 0 Å². The molecule has 0 aliphatic heterocycles. The first-order chi connectivity index (χ1) is 5.79. The molecule has 0 bridgehead atoms. The minimum atomic E-state index is -4.01. The second-order valence-corrected chi connectivity index (χ2v) is 4.36. The van der Waals surface area contributed by atoms with E-state index in [1.165, 1.54) is 6.08 Å². The predicted octanol–water partition coefficient (Wildman–Crippen LogP) is -1.79. The highest BCUT2D eigenvalue weighted by Crippen LogP contribution is 2.41. The van der Waals surface area contributed by atoms with E-state index < -0.39 is 21.7 Å². The Morgan fingerprint density at radius 2 is 2.23 bits per heavy atom. The molecule has 0 saturated heterocycles. The average molecular weight is 205 g/mol. The van der Waals surface area contributed by atoms with E-state index in [2.05, 4.69) is 11.7 Å². The first kappa shape index (κ1) is 10.2. The summed E-state index contributed by atoms with van der Waals surface area (Å²) in [7, 11) is -4.01. The summed E-state index contributed by atoms with van der Waals surface area (Å²) < 4.78 is 22.6. The van der Waals surface area contributed by atoms with Gasteiger partial charge >= 0.3 is 0 Å². The second kappa shape index (κ2) is 2.79. The zero-order valence-electron chi connectivity index (χ0n) is 6.86. The van der Waals surface area contributed by atoms with Crippen LogP contribution in [0.15, 0.2) is 12.7 Å². The predicted molar refractivity (Wildman–Crippen MR) is 46.5 cm³/mol. The quantitative estimate of drug-likeness (QED) is 0.472. The maximum absolute atomic E-state index is 11.2. The summed E-state index contributed by atoms with van der Waals surface area (Å²) in [5.74, 6) is -0.950. The van der Waals surface area contributed by atoms with Gasteiger partial charge in [-0.25, -0.2) is 9.86 Å². The van der Waals surface area contributed by atoms with Gasteiger partial charge in [-0.05, 0) is 6.42 Å². The van der Waals surface area contributed by atoms with Gasteiger partial charge in [-0.3, -0.25) is 4.79 Å². The molecule has 1 rings (SSSR count). The molecule has 0 heterocycles. The van der Waals surface area contributed by atoms with E-state index in [1.807, 2.05) is 0 Å². The van der Waals surface area contributed by atoms with Gasteiger partial charge < -0.3 is 5.73 Å². The summed E-state index contributed by atoms with van der Waals surface area (Å²) in [6, 6.07) is 0. The number of carbonyl (C=O) groups excluding carboxylic acids is 1. The van der Waals surface area contributed by atoms with Crippen molar-refractivity contribution in [3.63, 3.8) is 0 Å². The molecule has 1 aliphatic carbocycles. The smallest absolute Gasteiger partial charge is 0.298 e. The normalized spacial score (nSPS) is 32.3. The van der Waals surface area contributed by atoms with Crippen molar-refractivity contribution in [2.75, 3.05) is 0 Å². The van der Waals surface area contributed by atoms with Gasteiger partial charge in [-0.2, -0.15) is 8.42 Å². The van der Waals surface area contributed by atoms with Crippen LogP contribution in [-0.2, 0) is 15.0 Å². The van der Waals surface area contributed by atoms with E-state index in [9.17, 15) is 13.2 Å². The molecule has 13 heavy (non-hydrogen) atoms. The number of carbonyl (C=O) groups is 1. The molecule has 7 heteroatoms. The van der Waals surface area contributed by atoms with Gasteiger partial charge in [0.15, 0.2) is 0 Å². The van der Waals surface area contributed by atoms with Crippen LogP contribution in [-0.4, -0.2) is 19.9 Å². The van der Waals surface area contributed by atoms with Crippen molar-refractivity contribution in [3.8, 4) is 0 Å². The average Bonchev–Trinajstić information content (AvgIpc) is 2.60. The third-order valence-corrected chi connectivity index (χ3v) is 2.47. The van der Waals surface area contributed by atoms with E-state index in [0.29, 0.717) is 6.42 Å². The highest BCUT2D eigenvalue weighted by atomic mass is 32.2. The van der Waals surface area contributed by atoms with Crippen molar-refractivity contribution in [2.24, 2.45) is 16.8 Å². The van der Waals surface area contributed by atoms with Crippen LogP contribution in [0.2, 0.25) is 0 Å². The van der Waals surface area contributed by atoms with Crippen molar-refractivity contribution in [2.45, 2.75) is 12.0 Å². The lowest BCUT2D eigenvalue weighted by molar-refractivity contribution is -0.121. The maximum Gasteiger partial charge on any atom is 0.298 e. The van der Waals surface area contributed by atoms with Crippen LogP contribution in [0.5, 0.6) is 0 Å². The van der Waals surface area contributed by atoms with E-state index in [0.717, 1.165) is 0 Å². The summed E-state index contributed by atoms with van der Waals surface area (Å²) >= 11 is 0. The van der Waals surface area contributed by atoms with E-state index >= 15 is 0 Å². The molecule has 1 aliphatic rings. The minimum absolute atomic E-state index is 0.172. The summed E-state index contributed by atoms with van der Waals surface area (Å²) in [5, 5.41) is 4.61. The Bertz CT molecular complexity index is 350. The molecular weight excluding hydrogens is 194 g/mol. The largest absolute Gasteiger partial charge is 0.317 e. The summed E-state index contributed by atoms with van der Waals surface area (Å²) in [6.07, 6.45) is 1.92. The number of amides is 1. The Labute approximate surface area is 76.2 Å². The Morgan fingerprint density at radius 1 is 1.69 bits per heavy atom. The highest BCUT2D eigenvalue weighted by Gasteiger charge is 2.56. The number of rotatable bonds is 3. The number of hydrogen-bond donors (Lipinski definition) is 3. The summed E-state index contributed by atoms with van der Waals surface area (Å²) in [4.78, 5) is 11.2. The molecule has 1 saturated carbocycles. The molecule has 0 aromatic carbocycles. The van der Waals surface area contributed by atoms with Gasteiger partial charge in [0.2, 0.25) is 0 Å². The van der Waals surface area contributed by atoms with E-state index in [1.54, 1.807) is 4.72 Å².